The predicted molar refractivity (Wildman–Crippen MR) is 101 cm³/mol. The number of benzene rings is 1. The quantitative estimate of drug-likeness (QED) is 0.562. The first kappa shape index (κ1) is 19.3. The highest BCUT2D eigenvalue weighted by Gasteiger charge is 2.26. The van der Waals surface area contributed by atoms with Crippen molar-refractivity contribution in [3.63, 3.8) is 0 Å². The molecule has 2 rings (SSSR count). The summed E-state index contributed by atoms with van der Waals surface area (Å²) in [5, 5.41) is 3.03. The van der Waals surface area contributed by atoms with Gasteiger partial charge in [-0.1, -0.05) is 38.0 Å². The molecule has 1 fully saturated rings. The Kier molecular flexibility index (Phi) is 7.76. The van der Waals surface area contributed by atoms with Crippen LogP contribution in [0.2, 0.25) is 0 Å². The number of unbranched alkanes of at least 4 members (excludes halogenated alkanes) is 2. The molecule has 0 aromatic heterocycles. The fraction of sp³-hybridized carbons (Fsp3) is 0.600. The standard InChI is InChI=1S/C20H31N3O2/c1-2-3-6-13-22-20(25)17-11-14-23(15-12-17)19(24)10-9-16-7-4-5-8-18(16)21/h4-5,7-8,17H,2-3,6,9-15,21H2,1H3,(H,22,25). The fourth-order valence-electron chi connectivity index (χ4n) is 3.28. The summed E-state index contributed by atoms with van der Waals surface area (Å²) in [6, 6.07) is 7.68. The number of hydrogen-bond acceptors (Lipinski definition) is 3. The number of nitrogens with one attached hydrogen (secondary N) is 1. The number of hydrogen-bond donors (Lipinski definition) is 2. The number of nitrogen functional groups attached to an aromatic ring is 1. The van der Waals surface area contributed by atoms with Crippen LogP contribution in [0.3, 0.4) is 0 Å². The first-order valence-electron chi connectivity index (χ1n) is 9.50. The Labute approximate surface area is 151 Å². The van der Waals surface area contributed by atoms with Crippen molar-refractivity contribution in [2.75, 3.05) is 25.4 Å². The van der Waals surface area contributed by atoms with Gasteiger partial charge >= 0.3 is 0 Å². The first-order valence-corrected chi connectivity index (χ1v) is 9.50. The molecule has 0 radical (unpaired) electrons. The maximum Gasteiger partial charge on any atom is 0.223 e. The average Bonchev–Trinajstić information content (AvgIpc) is 2.64. The summed E-state index contributed by atoms with van der Waals surface area (Å²) < 4.78 is 0. The lowest BCUT2D eigenvalue weighted by Crippen LogP contribution is -2.43. The van der Waals surface area contributed by atoms with E-state index < -0.39 is 0 Å². The molecule has 1 aromatic rings. The van der Waals surface area contributed by atoms with Gasteiger partial charge in [-0.2, -0.15) is 0 Å². The van der Waals surface area contributed by atoms with Gasteiger partial charge in [-0.05, 0) is 37.3 Å². The van der Waals surface area contributed by atoms with Crippen molar-refractivity contribution >= 4 is 17.5 Å². The molecule has 0 saturated carbocycles. The summed E-state index contributed by atoms with van der Waals surface area (Å²) in [6.07, 6.45) is 6.02. The summed E-state index contributed by atoms with van der Waals surface area (Å²) >= 11 is 0. The Morgan fingerprint density at radius 1 is 1.20 bits per heavy atom. The molecule has 3 N–H and O–H groups in total. The van der Waals surface area contributed by atoms with Crippen molar-refractivity contribution in [3.05, 3.63) is 29.8 Å². The molecule has 1 heterocycles. The van der Waals surface area contributed by atoms with Crippen molar-refractivity contribution in [1.82, 2.24) is 10.2 Å². The molecule has 25 heavy (non-hydrogen) atoms. The number of likely N-dealkylation sites (tertiary alicyclic amines) is 1. The number of nitrogens with zero attached hydrogens (tertiary/aromatic N) is 1. The van der Waals surface area contributed by atoms with E-state index in [1.807, 2.05) is 29.2 Å². The summed E-state index contributed by atoms with van der Waals surface area (Å²) in [5.74, 6) is 0.362. The molecule has 0 bridgehead atoms. The lowest BCUT2D eigenvalue weighted by atomic mass is 9.95. The van der Waals surface area contributed by atoms with Crippen LogP contribution in [-0.2, 0) is 16.0 Å². The molecule has 5 heteroatoms. The maximum absolute atomic E-state index is 12.4. The normalized spacial score (nSPS) is 15.2. The van der Waals surface area contributed by atoms with Crippen LogP contribution in [0.1, 0.15) is 51.0 Å². The van der Waals surface area contributed by atoms with Crippen LogP contribution in [-0.4, -0.2) is 36.3 Å². The fourth-order valence-corrected chi connectivity index (χ4v) is 3.28. The minimum atomic E-state index is 0.0513. The number of carbonyl (C=O) groups is 2. The van der Waals surface area contributed by atoms with Gasteiger partial charge < -0.3 is 16.0 Å². The molecule has 0 aliphatic carbocycles. The molecule has 1 aliphatic rings. The average molecular weight is 345 g/mol. The summed E-state index contributed by atoms with van der Waals surface area (Å²) in [6.45, 7) is 4.28. The zero-order valence-corrected chi connectivity index (χ0v) is 15.3. The second-order valence-corrected chi connectivity index (χ2v) is 6.85. The Morgan fingerprint density at radius 3 is 2.60 bits per heavy atom. The molecular formula is C20H31N3O2. The molecule has 0 atom stereocenters. The molecular weight excluding hydrogens is 314 g/mol. The number of anilines is 1. The minimum Gasteiger partial charge on any atom is -0.399 e. The second kappa shape index (κ2) is 10.1. The van der Waals surface area contributed by atoms with E-state index in [0.29, 0.717) is 25.9 Å². The van der Waals surface area contributed by atoms with E-state index in [2.05, 4.69) is 12.2 Å². The maximum atomic E-state index is 12.4. The summed E-state index contributed by atoms with van der Waals surface area (Å²) in [4.78, 5) is 26.4. The minimum absolute atomic E-state index is 0.0513. The lowest BCUT2D eigenvalue weighted by Gasteiger charge is -2.31. The number of aryl methyl sites for hydroxylation is 1. The summed E-state index contributed by atoms with van der Waals surface area (Å²) in [5.41, 5.74) is 7.70. The van der Waals surface area contributed by atoms with Gasteiger partial charge in [0, 0.05) is 37.7 Å². The van der Waals surface area contributed by atoms with Crippen molar-refractivity contribution in [2.45, 2.75) is 51.9 Å². The number of amides is 2. The van der Waals surface area contributed by atoms with Crippen LogP contribution in [0.5, 0.6) is 0 Å². The Bertz CT molecular complexity index is 566. The van der Waals surface area contributed by atoms with Gasteiger partial charge in [0.2, 0.25) is 11.8 Å². The number of nitrogens with two attached hydrogens (primary N) is 1. The van der Waals surface area contributed by atoms with E-state index >= 15 is 0 Å². The Balaban J connectivity index is 1.69. The van der Waals surface area contributed by atoms with Gasteiger partial charge in [-0.25, -0.2) is 0 Å². The van der Waals surface area contributed by atoms with Gasteiger partial charge in [0.15, 0.2) is 0 Å². The van der Waals surface area contributed by atoms with Gasteiger partial charge in [0.1, 0.15) is 0 Å². The molecule has 1 aromatic carbocycles. The third-order valence-corrected chi connectivity index (χ3v) is 4.96. The number of rotatable bonds is 8. The largest absolute Gasteiger partial charge is 0.399 e. The third kappa shape index (κ3) is 6.07. The molecule has 0 unspecified atom stereocenters. The van der Waals surface area contributed by atoms with Gasteiger partial charge in [0.25, 0.3) is 0 Å². The molecule has 1 saturated heterocycles. The topological polar surface area (TPSA) is 75.4 Å². The van der Waals surface area contributed by atoms with E-state index in [-0.39, 0.29) is 17.7 Å². The monoisotopic (exact) mass is 345 g/mol. The van der Waals surface area contributed by atoms with Crippen LogP contribution >= 0.6 is 0 Å². The molecule has 138 valence electrons. The van der Waals surface area contributed by atoms with Crippen LogP contribution in [0, 0.1) is 5.92 Å². The van der Waals surface area contributed by atoms with Gasteiger partial charge in [-0.15, -0.1) is 0 Å². The Morgan fingerprint density at radius 2 is 1.92 bits per heavy atom. The SMILES string of the molecule is CCCCCNC(=O)C1CCN(C(=O)CCc2ccccc2N)CC1. The van der Waals surface area contributed by atoms with E-state index in [9.17, 15) is 9.59 Å². The number of carbonyl (C=O) groups excluding carboxylic acids is 2. The lowest BCUT2D eigenvalue weighted by molar-refractivity contribution is -0.135. The highest BCUT2D eigenvalue weighted by molar-refractivity contribution is 5.80. The van der Waals surface area contributed by atoms with Crippen molar-refractivity contribution in [2.24, 2.45) is 5.92 Å². The van der Waals surface area contributed by atoms with E-state index in [1.165, 1.54) is 0 Å². The van der Waals surface area contributed by atoms with E-state index in [1.54, 1.807) is 0 Å². The predicted octanol–water partition coefficient (Wildman–Crippen LogP) is 2.75. The van der Waals surface area contributed by atoms with Crippen LogP contribution in [0.25, 0.3) is 0 Å². The molecule has 1 aliphatic heterocycles. The highest BCUT2D eigenvalue weighted by atomic mass is 16.2. The van der Waals surface area contributed by atoms with Gasteiger partial charge in [-0.3, -0.25) is 9.59 Å². The van der Waals surface area contributed by atoms with Gasteiger partial charge in [0.05, 0.1) is 0 Å². The van der Waals surface area contributed by atoms with Crippen LogP contribution in [0.15, 0.2) is 24.3 Å². The smallest absolute Gasteiger partial charge is 0.223 e. The number of para-hydroxylation sites is 1. The van der Waals surface area contributed by atoms with Crippen LogP contribution in [0.4, 0.5) is 5.69 Å². The van der Waals surface area contributed by atoms with Crippen molar-refractivity contribution < 1.29 is 9.59 Å². The zero-order valence-electron chi connectivity index (χ0n) is 15.3. The third-order valence-electron chi connectivity index (χ3n) is 4.96. The van der Waals surface area contributed by atoms with E-state index in [0.717, 1.165) is 49.9 Å². The van der Waals surface area contributed by atoms with Crippen LogP contribution < -0.4 is 11.1 Å². The van der Waals surface area contributed by atoms with Crippen molar-refractivity contribution in [3.8, 4) is 0 Å². The van der Waals surface area contributed by atoms with Crippen molar-refractivity contribution in [1.29, 1.82) is 0 Å². The molecule has 2 amide bonds. The molecule has 0 spiro atoms. The second-order valence-electron chi connectivity index (χ2n) is 6.85. The highest BCUT2D eigenvalue weighted by Crippen LogP contribution is 2.19. The molecule has 5 nitrogen and oxygen atoms in total. The first-order chi connectivity index (χ1) is 12.1. The Hall–Kier alpha value is -2.04. The number of piperidine rings is 1. The van der Waals surface area contributed by atoms with E-state index in [4.69, 9.17) is 5.73 Å². The zero-order chi connectivity index (χ0) is 18.1. The summed E-state index contributed by atoms with van der Waals surface area (Å²) in [7, 11) is 0.